The predicted molar refractivity (Wildman–Crippen MR) is 136 cm³/mol. The molecule has 0 spiro atoms. The van der Waals surface area contributed by atoms with Crippen molar-refractivity contribution in [2.45, 2.75) is 66.9 Å². The van der Waals surface area contributed by atoms with Crippen LogP contribution in [-0.2, 0) is 9.53 Å². The molecule has 1 aromatic carbocycles. The fourth-order valence-corrected chi connectivity index (χ4v) is 4.54. The summed E-state index contributed by atoms with van der Waals surface area (Å²) in [5.41, 5.74) is 1.83. The molecule has 0 unspecified atom stereocenters. The highest BCUT2D eigenvalue weighted by Crippen LogP contribution is 2.37. The van der Waals surface area contributed by atoms with Gasteiger partial charge in [0.05, 0.1) is 11.2 Å². The van der Waals surface area contributed by atoms with Gasteiger partial charge >= 0.3 is 6.09 Å². The molecule has 0 saturated carbocycles. The van der Waals surface area contributed by atoms with Gasteiger partial charge in [0, 0.05) is 18.5 Å². The zero-order valence-electron chi connectivity index (χ0n) is 21.2. The van der Waals surface area contributed by atoms with E-state index < -0.39 is 11.7 Å². The topological polar surface area (TPSA) is 63.6 Å². The Kier molecular flexibility index (Phi) is 7.37. The summed E-state index contributed by atoms with van der Waals surface area (Å²) in [5, 5.41) is 3.66. The molecule has 180 valence electrons. The van der Waals surface area contributed by atoms with Gasteiger partial charge in [0.25, 0.3) is 0 Å². The summed E-state index contributed by atoms with van der Waals surface area (Å²) in [6, 6.07) is 5.94. The van der Waals surface area contributed by atoms with Crippen LogP contribution in [0.3, 0.4) is 0 Å². The highest BCUT2D eigenvalue weighted by molar-refractivity contribution is 6.04. The molecule has 6 heteroatoms. The van der Waals surface area contributed by atoms with Gasteiger partial charge in [-0.05, 0) is 82.3 Å². The standard InChI is InChI=1S/C27H39N3O3/c1-8-29-15-12-21(13-16-29)27(6,7)14-11-20-9-10-24-22(17-20)23(28-19(2)31)18-30(24)25(32)33-26(3,4)5/h9-11,14,17-18,21H,8,12-13,15-16H2,1-7H3,(H,28,31)/b14-11+. The SMILES string of the molecule is CCN1CCC(C(C)(C)/C=C/c2ccc3c(c2)c(NC(C)=O)cn3C(=O)OC(C)(C)C)CC1. The van der Waals surface area contributed by atoms with Gasteiger partial charge in [-0.3, -0.25) is 9.36 Å². The minimum absolute atomic E-state index is 0.0949. The number of nitrogens with one attached hydrogen (secondary N) is 1. The van der Waals surface area contributed by atoms with Crippen LogP contribution in [0.25, 0.3) is 17.0 Å². The molecule has 0 aliphatic carbocycles. The third kappa shape index (κ3) is 6.26. The lowest BCUT2D eigenvalue weighted by Gasteiger charge is -2.39. The zero-order valence-corrected chi connectivity index (χ0v) is 21.2. The molecule has 0 radical (unpaired) electrons. The first kappa shape index (κ1) is 25.0. The molecule has 1 saturated heterocycles. The van der Waals surface area contributed by atoms with Crippen LogP contribution >= 0.6 is 0 Å². The normalized spacial score (nSPS) is 16.5. The number of piperidine rings is 1. The van der Waals surface area contributed by atoms with E-state index in [-0.39, 0.29) is 11.3 Å². The Labute approximate surface area is 198 Å². The van der Waals surface area contributed by atoms with Crippen LogP contribution in [0.15, 0.2) is 30.5 Å². The lowest BCUT2D eigenvalue weighted by atomic mass is 9.73. The Hall–Kier alpha value is -2.60. The number of rotatable bonds is 5. The molecule has 33 heavy (non-hydrogen) atoms. The largest absolute Gasteiger partial charge is 0.443 e. The molecule has 2 aromatic rings. The number of carbonyl (C=O) groups is 2. The second-order valence-corrected chi connectivity index (χ2v) is 10.7. The number of likely N-dealkylation sites (tertiary alicyclic amines) is 1. The molecule has 0 bridgehead atoms. The lowest BCUT2D eigenvalue weighted by Crippen LogP contribution is -2.38. The number of nitrogens with zero attached hydrogens (tertiary/aromatic N) is 2. The third-order valence-electron chi connectivity index (χ3n) is 6.52. The number of amides is 1. The number of hydrogen-bond donors (Lipinski definition) is 1. The number of aromatic nitrogens is 1. The molecule has 1 aliphatic heterocycles. The predicted octanol–water partition coefficient (Wildman–Crippen LogP) is 6.15. The van der Waals surface area contributed by atoms with Gasteiger partial charge < -0.3 is 15.0 Å². The summed E-state index contributed by atoms with van der Waals surface area (Å²) < 4.78 is 7.01. The molecule has 1 N–H and O–H groups in total. The summed E-state index contributed by atoms with van der Waals surface area (Å²) in [6.07, 6.45) is 8.08. The lowest BCUT2D eigenvalue weighted by molar-refractivity contribution is -0.114. The van der Waals surface area contributed by atoms with E-state index in [0.29, 0.717) is 17.1 Å². The Morgan fingerprint density at radius 1 is 1.15 bits per heavy atom. The zero-order chi connectivity index (χ0) is 24.4. The van der Waals surface area contributed by atoms with Crippen molar-refractivity contribution in [1.29, 1.82) is 0 Å². The molecule has 6 nitrogen and oxygen atoms in total. The van der Waals surface area contributed by atoms with E-state index in [1.54, 1.807) is 6.20 Å². The maximum atomic E-state index is 12.7. The minimum atomic E-state index is -0.608. The molecule has 1 amide bonds. The highest BCUT2D eigenvalue weighted by atomic mass is 16.6. The summed E-state index contributed by atoms with van der Waals surface area (Å²) in [7, 11) is 0. The average Bonchev–Trinajstić information content (AvgIpc) is 3.08. The first-order valence-electron chi connectivity index (χ1n) is 12.0. The molecule has 1 aliphatic rings. The Morgan fingerprint density at radius 2 is 1.82 bits per heavy atom. The van der Waals surface area contributed by atoms with Gasteiger partial charge in [0.2, 0.25) is 5.91 Å². The van der Waals surface area contributed by atoms with Crippen molar-refractivity contribution < 1.29 is 14.3 Å². The molecular weight excluding hydrogens is 414 g/mol. The first-order valence-corrected chi connectivity index (χ1v) is 12.0. The van der Waals surface area contributed by atoms with Gasteiger partial charge in [0.1, 0.15) is 5.60 Å². The van der Waals surface area contributed by atoms with Gasteiger partial charge in [-0.2, -0.15) is 0 Å². The van der Waals surface area contributed by atoms with Crippen molar-refractivity contribution in [3.8, 4) is 0 Å². The Bertz CT molecular complexity index is 1030. The van der Waals surface area contributed by atoms with Crippen molar-refractivity contribution in [3.05, 3.63) is 36.0 Å². The van der Waals surface area contributed by atoms with Crippen LogP contribution in [0.5, 0.6) is 0 Å². The Balaban J connectivity index is 1.89. The fraction of sp³-hybridized carbons (Fsp3) is 0.556. The molecule has 3 rings (SSSR count). The van der Waals surface area contributed by atoms with Gasteiger partial charge in [0.15, 0.2) is 0 Å². The summed E-state index contributed by atoms with van der Waals surface area (Å²) >= 11 is 0. The number of fused-ring (bicyclic) bond motifs is 1. The van der Waals surface area contributed by atoms with Gasteiger partial charge in [-0.1, -0.05) is 39.0 Å². The molecule has 0 atom stereocenters. The van der Waals surface area contributed by atoms with Crippen LogP contribution in [0.1, 0.15) is 66.9 Å². The number of benzene rings is 1. The number of ether oxygens (including phenoxy) is 1. The van der Waals surface area contributed by atoms with Crippen molar-refractivity contribution in [2.24, 2.45) is 11.3 Å². The van der Waals surface area contributed by atoms with E-state index in [0.717, 1.165) is 17.5 Å². The van der Waals surface area contributed by atoms with Crippen LogP contribution < -0.4 is 5.32 Å². The van der Waals surface area contributed by atoms with E-state index in [2.05, 4.69) is 43.1 Å². The Morgan fingerprint density at radius 3 is 2.39 bits per heavy atom. The van der Waals surface area contributed by atoms with Crippen molar-refractivity contribution in [3.63, 3.8) is 0 Å². The van der Waals surface area contributed by atoms with Crippen LogP contribution in [0, 0.1) is 11.3 Å². The summed E-state index contributed by atoms with van der Waals surface area (Å²) in [5.74, 6) is 0.474. The van der Waals surface area contributed by atoms with E-state index in [9.17, 15) is 9.59 Å². The van der Waals surface area contributed by atoms with Crippen LogP contribution in [-0.4, -0.2) is 46.7 Å². The number of allylic oxidation sites excluding steroid dienone is 1. The van der Waals surface area contributed by atoms with E-state index in [4.69, 9.17) is 4.74 Å². The molecular formula is C27H39N3O3. The minimum Gasteiger partial charge on any atom is -0.443 e. The van der Waals surface area contributed by atoms with Gasteiger partial charge in [-0.25, -0.2) is 4.79 Å². The number of anilines is 1. The van der Waals surface area contributed by atoms with E-state index in [1.807, 2.05) is 39.0 Å². The van der Waals surface area contributed by atoms with Crippen molar-refractivity contribution >= 4 is 34.7 Å². The third-order valence-corrected chi connectivity index (χ3v) is 6.52. The summed E-state index contributed by atoms with van der Waals surface area (Å²) in [4.78, 5) is 27.0. The smallest absolute Gasteiger partial charge is 0.419 e. The second-order valence-electron chi connectivity index (χ2n) is 10.7. The maximum Gasteiger partial charge on any atom is 0.419 e. The van der Waals surface area contributed by atoms with Gasteiger partial charge in [-0.15, -0.1) is 0 Å². The van der Waals surface area contributed by atoms with Crippen LogP contribution in [0.4, 0.5) is 10.5 Å². The number of hydrogen-bond acceptors (Lipinski definition) is 4. The second kappa shape index (κ2) is 9.72. The molecule has 1 fully saturated rings. The molecule has 1 aromatic heterocycles. The number of carbonyl (C=O) groups excluding carboxylic acids is 2. The monoisotopic (exact) mass is 453 g/mol. The van der Waals surface area contributed by atoms with Crippen LogP contribution in [0.2, 0.25) is 0 Å². The fourth-order valence-electron chi connectivity index (χ4n) is 4.54. The maximum absolute atomic E-state index is 12.7. The highest BCUT2D eigenvalue weighted by Gasteiger charge is 2.30. The summed E-state index contributed by atoms with van der Waals surface area (Å²) in [6.45, 7) is 17.3. The van der Waals surface area contributed by atoms with Crippen molar-refractivity contribution in [2.75, 3.05) is 25.0 Å². The van der Waals surface area contributed by atoms with Crippen molar-refractivity contribution in [1.82, 2.24) is 9.47 Å². The molecule has 2 heterocycles. The first-order chi connectivity index (χ1) is 15.4. The van der Waals surface area contributed by atoms with E-state index in [1.165, 1.54) is 37.4 Å². The quantitative estimate of drug-likeness (QED) is 0.589. The van der Waals surface area contributed by atoms with E-state index >= 15 is 0 Å². The average molecular weight is 454 g/mol.